The minimum Gasteiger partial charge on any atom is -0.497 e. The molecular weight excluding hydrogens is 266 g/mol. The van der Waals surface area contributed by atoms with Crippen LogP contribution in [0.1, 0.15) is 10.4 Å². The molecule has 0 saturated heterocycles. The lowest BCUT2D eigenvalue weighted by Crippen LogP contribution is -2.13. The molecule has 0 bridgehead atoms. The molecule has 20 heavy (non-hydrogen) atoms. The van der Waals surface area contributed by atoms with Crippen molar-refractivity contribution in [1.29, 1.82) is 0 Å². The Labute approximate surface area is 114 Å². The van der Waals surface area contributed by atoms with E-state index >= 15 is 0 Å². The third kappa shape index (κ3) is 2.85. The first-order valence-corrected chi connectivity index (χ1v) is 5.71. The molecule has 0 aliphatic rings. The van der Waals surface area contributed by atoms with Crippen LogP contribution in [0.5, 0.6) is 5.75 Å². The van der Waals surface area contributed by atoms with Gasteiger partial charge in [-0.2, -0.15) is 0 Å². The Morgan fingerprint density at radius 2 is 1.85 bits per heavy atom. The standard InChI is InChI=1S/C14H12F2N2O2/c1-20-10-4-2-3-9(7-10)18-14(19)8-5-11(15)13(17)12(16)6-8/h2-7H,17H2,1H3,(H,18,19). The van der Waals surface area contributed by atoms with Crippen LogP contribution in [0, 0.1) is 11.6 Å². The van der Waals surface area contributed by atoms with E-state index in [4.69, 9.17) is 10.5 Å². The molecule has 0 saturated carbocycles. The van der Waals surface area contributed by atoms with E-state index in [2.05, 4.69) is 5.32 Å². The van der Waals surface area contributed by atoms with Crippen LogP contribution in [0.15, 0.2) is 36.4 Å². The second-order valence-electron chi connectivity index (χ2n) is 4.04. The highest BCUT2D eigenvalue weighted by Crippen LogP contribution is 2.20. The van der Waals surface area contributed by atoms with Gasteiger partial charge in [-0.25, -0.2) is 8.78 Å². The summed E-state index contributed by atoms with van der Waals surface area (Å²) >= 11 is 0. The molecule has 0 radical (unpaired) electrons. The summed E-state index contributed by atoms with van der Waals surface area (Å²) in [7, 11) is 1.49. The predicted molar refractivity (Wildman–Crippen MR) is 71.7 cm³/mol. The summed E-state index contributed by atoms with van der Waals surface area (Å²) in [5.74, 6) is -2.03. The summed E-state index contributed by atoms with van der Waals surface area (Å²) in [4.78, 5) is 11.9. The minimum absolute atomic E-state index is 0.156. The third-order valence-electron chi connectivity index (χ3n) is 2.67. The number of carbonyl (C=O) groups excluding carboxylic acids is 1. The van der Waals surface area contributed by atoms with Crippen LogP contribution in [0.3, 0.4) is 0 Å². The molecule has 2 aromatic carbocycles. The fourth-order valence-corrected chi connectivity index (χ4v) is 1.62. The zero-order valence-electron chi connectivity index (χ0n) is 10.6. The molecule has 0 aliphatic carbocycles. The molecule has 0 aliphatic heterocycles. The van der Waals surface area contributed by atoms with Crippen molar-refractivity contribution in [2.45, 2.75) is 0 Å². The molecule has 0 atom stereocenters. The first kappa shape index (κ1) is 13.8. The van der Waals surface area contributed by atoms with Crippen LogP contribution in [-0.4, -0.2) is 13.0 Å². The number of ether oxygens (including phenoxy) is 1. The number of carbonyl (C=O) groups is 1. The number of methoxy groups -OCH3 is 1. The van der Waals surface area contributed by atoms with Crippen molar-refractivity contribution in [2.75, 3.05) is 18.2 Å². The number of halogens is 2. The molecule has 0 aromatic heterocycles. The summed E-state index contributed by atoms with van der Waals surface area (Å²) in [5.41, 5.74) is 4.83. The summed E-state index contributed by atoms with van der Waals surface area (Å²) in [6.07, 6.45) is 0. The zero-order valence-corrected chi connectivity index (χ0v) is 10.6. The van der Waals surface area contributed by atoms with Crippen LogP contribution >= 0.6 is 0 Å². The Bertz CT molecular complexity index is 636. The van der Waals surface area contributed by atoms with Crippen LogP contribution in [0.4, 0.5) is 20.2 Å². The second-order valence-corrected chi connectivity index (χ2v) is 4.04. The third-order valence-corrected chi connectivity index (χ3v) is 2.67. The van der Waals surface area contributed by atoms with Gasteiger partial charge in [-0.15, -0.1) is 0 Å². The SMILES string of the molecule is COc1cccc(NC(=O)c2cc(F)c(N)c(F)c2)c1. The summed E-state index contributed by atoms with van der Waals surface area (Å²) < 4.78 is 31.6. The van der Waals surface area contributed by atoms with Gasteiger partial charge in [-0.3, -0.25) is 4.79 Å². The van der Waals surface area contributed by atoms with Gasteiger partial charge < -0.3 is 15.8 Å². The number of nitrogen functional groups attached to an aromatic ring is 1. The van der Waals surface area contributed by atoms with E-state index in [1.807, 2.05) is 0 Å². The number of amides is 1. The molecule has 6 heteroatoms. The van der Waals surface area contributed by atoms with Crippen molar-refractivity contribution in [3.8, 4) is 5.75 Å². The van der Waals surface area contributed by atoms with Gasteiger partial charge in [0.15, 0.2) is 0 Å². The molecule has 2 aromatic rings. The molecular formula is C14H12F2N2O2. The Kier molecular flexibility index (Phi) is 3.84. The lowest BCUT2D eigenvalue weighted by atomic mass is 10.1. The maximum atomic E-state index is 13.3. The van der Waals surface area contributed by atoms with Crippen molar-refractivity contribution >= 4 is 17.3 Å². The predicted octanol–water partition coefficient (Wildman–Crippen LogP) is 2.81. The highest BCUT2D eigenvalue weighted by molar-refractivity contribution is 6.04. The lowest BCUT2D eigenvalue weighted by Gasteiger charge is -2.08. The van der Waals surface area contributed by atoms with Crippen molar-refractivity contribution in [3.63, 3.8) is 0 Å². The molecule has 3 N–H and O–H groups in total. The smallest absolute Gasteiger partial charge is 0.255 e. The average molecular weight is 278 g/mol. The molecule has 2 rings (SSSR count). The van der Waals surface area contributed by atoms with Gasteiger partial charge in [-0.1, -0.05) is 6.07 Å². The number of rotatable bonds is 3. The van der Waals surface area contributed by atoms with E-state index in [1.165, 1.54) is 7.11 Å². The van der Waals surface area contributed by atoms with Crippen LogP contribution in [0.2, 0.25) is 0 Å². The molecule has 0 spiro atoms. The van der Waals surface area contributed by atoms with Crippen molar-refractivity contribution in [1.82, 2.24) is 0 Å². The van der Waals surface area contributed by atoms with Gasteiger partial charge in [0, 0.05) is 17.3 Å². The van der Waals surface area contributed by atoms with E-state index in [9.17, 15) is 13.6 Å². The first-order valence-electron chi connectivity index (χ1n) is 5.71. The number of hydrogen-bond acceptors (Lipinski definition) is 3. The Balaban J connectivity index is 2.23. The highest BCUT2D eigenvalue weighted by Gasteiger charge is 2.13. The number of nitrogens with one attached hydrogen (secondary N) is 1. The Morgan fingerprint density at radius 3 is 2.45 bits per heavy atom. The van der Waals surface area contributed by atoms with Gasteiger partial charge in [0.1, 0.15) is 23.1 Å². The zero-order chi connectivity index (χ0) is 14.7. The number of anilines is 2. The monoisotopic (exact) mass is 278 g/mol. The summed E-state index contributed by atoms with van der Waals surface area (Å²) in [5, 5.41) is 2.51. The van der Waals surface area contributed by atoms with Gasteiger partial charge >= 0.3 is 0 Å². The first-order chi connectivity index (χ1) is 9.51. The molecule has 0 heterocycles. The quantitative estimate of drug-likeness (QED) is 0.848. The largest absolute Gasteiger partial charge is 0.497 e. The van der Waals surface area contributed by atoms with E-state index < -0.39 is 23.2 Å². The average Bonchev–Trinajstić information content (AvgIpc) is 2.44. The van der Waals surface area contributed by atoms with Crippen LogP contribution in [0.25, 0.3) is 0 Å². The van der Waals surface area contributed by atoms with Crippen molar-refractivity contribution in [2.24, 2.45) is 0 Å². The van der Waals surface area contributed by atoms with E-state index in [-0.39, 0.29) is 5.56 Å². The highest BCUT2D eigenvalue weighted by atomic mass is 19.1. The number of benzene rings is 2. The summed E-state index contributed by atoms with van der Waals surface area (Å²) in [6.45, 7) is 0. The van der Waals surface area contributed by atoms with Crippen molar-refractivity contribution in [3.05, 3.63) is 53.6 Å². The van der Waals surface area contributed by atoms with Crippen LogP contribution in [-0.2, 0) is 0 Å². The Morgan fingerprint density at radius 1 is 1.20 bits per heavy atom. The topological polar surface area (TPSA) is 64.3 Å². The van der Waals surface area contributed by atoms with E-state index in [1.54, 1.807) is 24.3 Å². The molecule has 104 valence electrons. The van der Waals surface area contributed by atoms with Crippen molar-refractivity contribution < 1.29 is 18.3 Å². The fourth-order valence-electron chi connectivity index (χ4n) is 1.62. The van der Waals surface area contributed by atoms with Gasteiger partial charge in [0.05, 0.1) is 7.11 Å². The van der Waals surface area contributed by atoms with Gasteiger partial charge in [0.25, 0.3) is 5.91 Å². The van der Waals surface area contributed by atoms with Gasteiger partial charge in [-0.05, 0) is 24.3 Å². The maximum Gasteiger partial charge on any atom is 0.255 e. The molecule has 0 unspecified atom stereocenters. The number of nitrogens with two attached hydrogens (primary N) is 1. The molecule has 1 amide bonds. The summed E-state index contributed by atoms with van der Waals surface area (Å²) in [6, 6.07) is 8.37. The lowest BCUT2D eigenvalue weighted by molar-refractivity contribution is 0.102. The fraction of sp³-hybridized carbons (Fsp3) is 0.0714. The molecule has 0 fully saturated rings. The van der Waals surface area contributed by atoms with E-state index in [0.29, 0.717) is 11.4 Å². The second kappa shape index (κ2) is 5.56. The van der Waals surface area contributed by atoms with Crippen LogP contribution < -0.4 is 15.8 Å². The van der Waals surface area contributed by atoms with E-state index in [0.717, 1.165) is 12.1 Å². The van der Waals surface area contributed by atoms with Gasteiger partial charge in [0.2, 0.25) is 0 Å². The molecule has 4 nitrogen and oxygen atoms in total. The number of hydrogen-bond donors (Lipinski definition) is 2. The Hall–Kier alpha value is -2.63. The minimum atomic E-state index is -0.971. The normalized spacial score (nSPS) is 10.2. The maximum absolute atomic E-state index is 13.3.